The molecular formula is C18H25NO2S. The van der Waals surface area contributed by atoms with Crippen molar-refractivity contribution in [3.63, 3.8) is 0 Å². The number of fused-ring (bicyclic) bond motifs is 1. The molecule has 0 N–H and O–H groups in total. The minimum absolute atomic E-state index is 0.0380. The van der Waals surface area contributed by atoms with Crippen LogP contribution in [0.15, 0.2) is 41.3 Å². The molecule has 1 aromatic carbocycles. The fourth-order valence-corrected chi connectivity index (χ4v) is 5.47. The number of hydrogen-bond donors (Lipinski definition) is 0. The minimum Gasteiger partial charge on any atom is -0.207 e. The van der Waals surface area contributed by atoms with Gasteiger partial charge in [-0.25, -0.2) is 8.42 Å². The van der Waals surface area contributed by atoms with Gasteiger partial charge in [-0.15, -0.1) is 0 Å². The minimum atomic E-state index is -3.39. The molecule has 1 heterocycles. The second-order valence-corrected chi connectivity index (χ2v) is 9.24. The van der Waals surface area contributed by atoms with Gasteiger partial charge < -0.3 is 0 Å². The Morgan fingerprint density at radius 3 is 2.45 bits per heavy atom. The Balaban J connectivity index is 1.92. The maximum atomic E-state index is 12.9. The van der Waals surface area contributed by atoms with Crippen LogP contribution in [0.2, 0.25) is 0 Å². The maximum absolute atomic E-state index is 12.9. The molecule has 0 saturated carbocycles. The van der Waals surface area contributed by atoms with Crippen LogP contribution in [0.4, 0.5) is 0 Å². The van der Waals surface area contributed by atoms with Gasteiger partial charge in [0.15, 0.2) is 0 Å². The lowest BCUT2D eigenvalue weighted by Crippen LogP contribution is -2.35. The van der Waals surface area contributed by atoms with E-state index in [1.54, 1.807) is 16.4 Å². The first-order chi connectivity index (χ1) is 10.2. The van der Waals surface area contributed by atoms with E-state index in [0.717, 1.165) is 5.56 Å². The van der Waals surface area contributed by atoms with Crippen LogP contribution in [0, 0.1) is 30.1 Å². The van der Waals surface area contributed by atoms with Crippen LogP contribution in [0.1, 0.15) is 26.3 Å². The molecule has 0 unspecified atom stereocenters. The standard InChI is InChI=1S/C18H25NO2S/c1-13-5-7-16(8-6-13)22(20,21)19-11-17-15(3)14(2)9-10-18(17,4)12-19/h5-10,14-15,17H,11-12H2,1-4H3/t14-,15+,17-,18-/m1/s1. The summed E-state index contributed by atoms with van der Waals surface area (Å²) in [6.07, 6.45) is 4.50. The van der Waals surface area contributed by atoms with Crippen LogP contribution in [0.5, 0.6) is 0 Å². The van der Waals surface area contributed by atoms with Gasteiger partial charge in [0, 0.05) is 18.5 Å². The van der Waals surface area contributed by atoms with Gasteiger partial charge in [-0.1, -0.05) is 50.6 Å². The summed E-state index contributed by atoms with van der Waals surface area (Å²) in [7, 11) is -3.39. The van der Waals surface area contributed by atoms with Gasteiger partial charge in [-0.05, 0) is 36.8 Å². The molecule has 4 heteroatoms. The lowest BCUT2D eigenvalue weighted by molar-refractivity contribution is 0.190. The summed E-state index contributed by atoms with van der Waals surface area (Å²) < 4.78 is 27.5. The highest BCUT2D eigenvalue weighted by Crippen LogP contribution is 2.48. The number of sulfonamides is 1. The number of nitrogens with zero attached hydrogens (tertiary/aromatic N) is 1. The number of hydrogen-bond acceptors (Lipinski definition) is 2. The third-order valence-corrected chi connectivity index (χ3v) is 7.49. The van der Waals surface area contributed by atoms with E-state index in [1.165, 1.54) is 0 Å². The number of allylic oxidation sites excluding steroid dienone is 1. The van der Waals surface area contributed by atoms with E-state index >= 15 is 0 Å². The van der Waals surface area contributed by atoms with Gasteiger partial charge in [0.2, 0.25) is 10.0 Å². The molecule has 0 bridgehead atoms. The van der Waals surface area contributed by atoms with Crippen LogP contribution in [-0.4, -0.2) is 25.8 Å². The summed E-state index contributed by atoms with van der Waals surface area (Å²) in [5.74, 6) is 1.42. The Hall–Kier alpha value is -1.13. The molecule has 1 saturated heterocycles. The molecule has 4 atom stereocenters. The van der Waals surface area contributed by atoms with Crippen molar-refractivity contribution >= 4 is 10.0 Å². The zero-order chi connectivity index (χ0) is 16.1. The number of benzene rings is 1. The monoisotopic (exact) mass is 319 g/mol. The summed E-state index contributed by atoms with van der Waals surface area (Å²) in [5, 5.41) is 0. The highest BCUT2D eigenvalue weighted by molar-refractivity contribution is 7.89. The molecule has 0 aromatic heterocycles. The molecule has 1 aliphatic heterocycles. The van der Waals surface area contributed by atoms with Crippen molar-refractivity contribution in [3.05, 3.63) is 42.0 Å². The fraction of sp³-hybridized carbons (Fsp3) is 0.556. The van der Waals surface area contributed by atoms with Crippen molar-refractivity contribution in [1.29, 1.82) is 0 Å². The molecule has 1 aromatic rings. The second kappa shape index (κ2) is 5.20. The van der Waals surface area contributed by atoms with E-state index < -0.39 is 10.0 Å². The van der Waals surface area contributed by atoms with E-state index in [1.807, 2.05) is 19.1 Å². The topological polar surface area (TPSA) is 37.4 Å². The van der Waals surface area contributed by atoms with Crippen molar-refractivity contribution in [2.45, 2.75) is 32.6 Å². The molecule has 0 amide bonds. The highest BCUT2D eigenvalue weighted by Gasteiger charge is 2.50. The highest BCUT2D eigenvalue weighted by atomic mass is 32.2. The Morgan fingerprint density at radius 1 is 1.18 bits per heavy atom. The van der Waals surface area contributed by atoms with Crippen LogP contribution < -0.4 is 0 Å². The summed E-state index contributed by atoms with van der Waals surface area (Å²) >= 11 is 0. The van der Waals surface area contributed by atoms with Gasteiger partial charge >= 0.3 is 0 Å². The summed E-state index contributed by atoms with van der Waals surface area (Å²) in [5.41, 5.74) is 1.04. The fourth-order valence-electron chi connectivity index (χ4n) is 3.89. The molecule has 0 radical (unpaired) electrons. The molecule has 2 aliphatic rings. The van der Waals surface area contributed by atoms with Gasteiger partial charge in [0.25, 0.3) is 0 Å². The first-order valence-corrected chi connectivity index (χ1v) is 9.44. The van der Waals surface area contributed by atoms with Crippen LogP contribution >= 0.6 is 0 Å². The van der Waals surface area contributed by atoms with E-state index in [-0.39, 0.29) is 5.41 Å². The molecular weight excluding hydrogens is 294 g/mol. The van der Waals surface area contributed by atoms with Gasteiger partial charge in [0.05, 0.1) is 4.90 Å². The van der Waals surface area contributed by atoms with Gasteiger partial charge in [0.1, 0.15) is 0 Å². The van der Waals surface area contributed by atoms with E-state index in [9.17, 15) is 8.42 Å². The average Bonchev–Trinajstić information content (AvgIpc) is 2.83. The molecule has 1 aliphatic carbocycles. The van der Waals surface area contributed by atoms with Crippen molar-refractivity contribution < 1.29 is 8.42 Å². The second-order valence-electron chi connectivity index (χ2n) is 7.30. The average molecular weight is 319 g/mol. The third-order valence-electron chi connectivity index (χ3n) is 5.67. The summed E-state index contributed by atoms with van der Waals surface area (Å²) in [6.45, 7) is 9.85. The Bertz CT molecular complexity index is 692. The number of aryl methyl sites for hydroxylation is 1. The largest absolute Gasteiger partial charge is 0.243 e. The van der Waals surface area contributed by atoms with Crippen LogP contribution in [-0.2, 0) is 10.0 Å². The first kappa shape index (κ1) is 15.8. The smallest absolute Gasteiger partial charge is 0.207 e. The molecule has 1 fully saturated rings. The van der Waals surface area contributed by atoms with E-state index in [2.05, 4.69) is 32.9 Å². The predicted octanol–water partition coefficient (Wildman–Crippen LogP) is 3.46. The molecule has 3 rings (SSSR count). The predicted molar refractivity (Wildman–Crippen MR) is 89.0 cm³/mol. The van der Waals surface area contributed by atoms with Crippen LogP contribution in [0.3, 0.4) is 0 Å². The van der Waals surface area contributed by atoms with E-state index in [0.29, 0.717) is 35.7 Å². The van der Waals surface area contributed by atoms with Crippen LogP contribution in [0.25, 0.3) is 0 Å². The van der Waals surface area contributed by atoms with Crippen molar-refractivity contribution in [3.8, 4) is 0 Å². The first-order valence-electron chi connectivity index (χ1n) is 8.00. The quantitative estimate of drug-likeness (QED) is 0.783. The molecule has 120 valence electrons. The molecule has 3 nitrogen and oxygen atoms in total. The normalized spacial score (nSPS) is 35.5. The lowest BCUT2D eigenvalue weighted by Gasteiger charge is -2.38. The molecule has 22 heavy (non-hydrogen) atoms. The maximum Gasteiger partial charge on any atom is 0.243 e. The number of rotatable bonds is 2. The van der Waals surface area contributed by atoms with Gasteiger partial charge in [-0.3, -0.25) is 0 Å². The summed E-state index contributed by atoms with van der Waals surface area (Å²) in [6, 6.07) is 7.17. The van der Waals surface area contributed by atoms with Crippen molar-refractivity contribution in [2.24, 2.45) is 23.2 Å². The Labute approximate surface area is 134 Å². The lowest BCUT2D eigenvalue weighted by atomic mass is 9.66. The zero-order valence-electron chi connectivity index (χ0n) is 13.8. The Morgan fingerprint density at radius 2 is 1.82 bits per heavy atom. The molecule has 0 spiro atoms. The zero-order valence-corrected chi connectivity index (χ0v) is 14.6. The SMILES string of the molecule is Cc1ccc(S(=O)(=O)N2C[C@@H]3[C@@H](C)[C@H](C)C=C[C@]3(C)C2)cc1. The third kappa shape index (κ3) is 2.42. The summed E-state index contributed by atoms with van der Waals surface area (Å²) in [4.78, 5) is 0.407. The Kier molecular flexibility index (Phi) is 3.73. The van der Waals surface area contributed by atoms with Crippen molar-refractivity contribution in [2.75, 3.05) is 13.1 Å². The van der Waals surface area contributed by atoms with E-state index in [4.69, 9.17) is 0 Å². The van der Waals surface area contributed by atoms with Crippen molar-refractivity contribution in [1.82, 2.24) is 4.31 Å². The van der Waals surface area contributed by atoms with Gasteiger partial charge in [-0.2, -0.15) is 4.31 Å².